The fourth-order valence-corrected chi connectivity index (χ4v) is 1.38. The second kappa shape index (κ2) is 5.72. The molecule has 0 radical (unpaired) electrons. The van der Waals surface area contributed by atoms with Crippen molar-refractivity contribution < 1.29 is 18.4 Å². The number of aliphatic imine (C=N–C) groups is 1. The molecule has 0 saturated heterocycles. The molecule has 1 aromatic carbocycles. The van der Waals surface area contributed by atoms with Crippen molar-refractivity contribution in [1.29, 1.82) is 0 Å². The summed E-state index contributed by atoms with van der Waals surface area (Å²) in [6.45, 7) is 0. The van der Waals surface area contributed by atoms with Crippen molar-refractivity contribution >= 4 is 28.7 Å². The van der Waals surface area contributed by atoms with Gasteiger partial charge in [0.05, 0.1) is 17.5 Å². The van der Waals surface area contributed by atoms with Gasteiger partial charge in [0, 0.05) is 0 Å². The summed E-state index contributed by atoms with van der Waals surface area (Å²) in [6.07, 6.45) is -1.52. The normalized spacial score (nSPS) is 13.3. The second-order valence-electron chi connectivity index (χ2n) is 2.94. The van der Waals surface area contributed by atoms with E-state index in [2.05, 4.69) is 10.1 Å². The van der Waals surface area contributed by atoms with Crippen LogP contribution >= 0.6 is 11.8 Å². The lowest BCUT2D eigenvalue weighted by Gasteiger charge is -2.05. The summed E-state index contributed by atoms with van der Waals surface area (Å²) in [5, 5.41) is 11.5. The van der Waals surface area contributed by atoms with Gasteiger partial charge in [-0.3, -0.25) is 0 Å². The van der Waals surface area contributed by atoms with Gasteiger partial charge in [-0.15, -0.1) is 11.8 Å². The maximum atomic E-state index is 12.3. The topological polar surface area (TPSA) is 45.0 Å². The molecule has 0 aliphatic carbocycles. The lowest BCUT2D eigenvalue weighted by Crippen LogP contribution is -2.03. The molecule has 0 unspecified atom stereocenters. The molecule has 17 heavy (non-hydrogen) atoms. The Morgan fingerprint density at radius 2 is 1.88 bits per heavy atom. The highest BCUT2D eigenvalue weighted by atomic mass is 32.2. The molecular weight excluding hydrogens is 253 g/mol. The molecule has 0 bridgehead atoms. The fraction of sp³-hybridized carbons (Fsp3) is 0.200. The first kappa shape index (κ1) is 13.6. The molecule has 0 saturated carbocycles. The van der Waals surface area contributed by atoms with E-state index in [1.54, 1.807) is 6.26 Å². The molecule has 0 aliphatic rings. The first-order valence-electron chi connectivity index (χ1n) is 4.44. The maximum Gasteiger partial charge on any atom is 0.416 e. The standard InChI is InChI=1S/C10H9F3N2OS/c1-17-9(6-14-16)15-8-4-2-7(3-5-8)10(11,12)13/h2-6,16H,1H3. The van der Waals surface area contributed by atoms with E-state index < -0.39 is 11.7 Å². The summed E-state index contributed by atoms with van der Waals surface area (Å²) >= 11 is 1.22. The van der Waals surface area contributed by atoms with Gasteiger partial charge >= 0.3 is 6.18 Å². The highest BCUT2D eigenvalue weighted by molar-refractivity contribution is 8.15. The van der Waals surface area contributed by atoms with E-state index in [0.717, 1.165) is 18.3 Å². The zero-order valence-corrected chi connectivity index (χ0v) is 9.59. The molecule has 7 heteroatoms. The molecule has 0 spiro atoms. The van der Waals surface area contributed by atoms with Crippen LogP contribution in [0.2, 0.25) is 0 Å². The van der Waals surface area contributed by atoms with Gasteiger partial charge in [0.25, 0.3) is 0 Å². The third-order valence-corrected chi connectivity index (χ3v) is 2.43. The first-order valence-corrected chi connectivity index (χ1v) is 5.67. The summed E-state index contributed by atoms with van der Waals surface area (Å²) in [4.78, 5) is 3.99. The average molecular weight is 262 g/mol. The lowest BCUT2D eigenvalue weighted by molar-refractivity contribution is -0.137. The van der Waals surface area contributed by atoms with Crippen molar-refractivity contribution in [3.05, 3.63) is 29.8 Å². The minimum Gasteiger partial charge on any atom is -0.411 e. The fourth-order valence-electron chi connectivity index (χ4n) is 1.03. The Morgan fingerprint density at radius 3 is 2.29 bits per heavy atom. The predicted octanol–water partition coefficient (Wildman–Crippen LogP) is 3.56. The molecule has 0 heterocycles. The van der Waals surface area contributed by atoms with E-state index in [9.17, 15) is 13.2 Å². The van der Waals surface area contributed by atoms with E-state index in [1.165, 1.54) is 23.9 Å². The van der Waals surface area contributed by atoms with Crippen molar-refractivity contribution in [1.82, 2.24) is 0 Å². The quantitative estimate of drug-likeness (QED) is 0.383. The highest BCUT2D eigenvalue weighted by Gasteiger charge is 2.29. The Labute approximate surface area is 100 Å². The van der Waals surface area contributed by atoms with Crippen LogP contribution < -0.4 is 0 Å². The molecular formula is C10H9F3N2OS. The van der Waals surface area contributed by atoms with Crippen LogP contribution in [0, 0.1) is 0 Å². The number of thioether (sulfide) groups is 1. The van der Waals surface area contributed by atoms with E-state index >= 15 is 0 Å². The molecule has 1 aromatic rings. The molecule has 0 fully saturated rings. The smallest absolute Gasteiger partial charge is 0.411 e. The van der Waals surface area contributed by atoms with Crippen molar-refractivity contribution in [3.63, 3.8) is 0 Å². The molecule has 0 aromatic heterocycles. The van der Waals surface area contributed by atoms with Crippen molar-refractivity contribution in [2.24, 2.45) is 10.1 Å². The Hall–Kier alpha value is -1.50. The van der Waals surface area contributed by atoms with E-state index in [0.29, 0.717) is 10.7 Å². The van der Waals surface area contributed by atoms with Crippen LogP contribution in [0.1, 0.15) is 5.56 Å². The van der Waals surface area contributed by atoms with Gasteiger partial charge in [-0.1, -0.05) is 5.16 Å². The average Bonchev–Trinajstić information content (AvgIpc) is 2.28. The van der Waals surface area contributed by atoms with Crippen LogP contribution in [0.25, 0.3) is 0 Å². The number of oxime groups is 1. The number of hydrogen-bond donors (Lipinski definition) is 1. The van der Waals surface area contributed by atoms with Gasteiger partial charge in [0.2, 0.25) is 0 Å². The lowest BCUT2D eigenvalue weighted by atomic mass is 10.2. The third kappa shape index (κ3) is 4.10. The number of hydrogen-bond acceptors (Lipinski definition) is 4. The Balaban J connectivity index is 2.95. The molecule has 0 atom stereocenters. The van der Waals surface area contributed by atoms with Crippen molar-refractivity contribution in [2.45, 2.75) is 6.18 Å². The van der Waals surface area contributed by atoms with Gasteiger partial charge in [0.1, 0.15) is 5.04 Å². The molecule has 92 valence electrons. The van der Waals surface area contributed by atoms with Crippen LogP contribution in [0.3, 0.4) is 0 Å². The maximum absolute atomic E-state index is 12.3. The van der Waals surface area contributed by atoms with Crippen LogP contribution in [0.15, 0.2) is 34.4 Å². The monoisotopic (exact) mass is 262 g/mol. The summed E-state index contributed by atoms with van der Waals surface area (Å²) in [7, 11) is 0. The molecule has 0 amide bonds. The van der Waals surface area contributed by atoms with Crippen LogP contribution in [-0.2, 0) is 6.18 Å². The number of nitrogens with zero attached hydrogens (tertiary/aromatic N) is 2. The molecule has 0 aliphatic heterocycles. The number of alkyl halides is 3. The summed E-state index contributed by atoms with van der Waals surface area (Å²) in [6, 6.07) is 4.41. The van der Waals surface area contributed by atoms with Crippen LogP contribution in [-0.4, -0.2) is 22.7 Å². The molecule has 1 rings (SSSR count). The molecule has 1 N–H and O–H groups in total. The summed E-state index contributed by atoms with van der Waals surface area (Å²) in [5.41, 5.74) is -0.361. The number of benzene rings is 1. The largest absolute Gasteiger partial charge is 0.416 e. The Morgan fingerprint density at radius 1 is 1.29 bits per heavy atom. The Bertz CT molecular complexity index is 426. The second-order valence-corrected chi connectivity index (χ2v) is 3.77. The van der Waals surface area contributed by atoms with Crippen molar-refractivity contribution in [3.8, 4) is 0 Å². The zero-order valence-electron chi connectivity index (χ0n) is 8.77. The molecule has 3 nitrogen and oxygen atoms in total. The van der Waals surface area contributed by atoms with Gasteiger partial charge in [-0.2, -0.15) is 13.2 Å². The highest BCUT2D eigenvalue weighted by Crippen LogP contribution is 2.30. The van der Waals surface area contributed by atoms with Crippen molar-refractivity contribution in [2.75, 3.05) is 6.26 Å². The Kier molecular flexibility index (Phi) is 4.56. The van der Waals surface area contributed by atoms with Crippen LogP contribution in [0.5, 0.6) is 0 Å². The summed E-state index contributed by atoms with van der Waals surface area (Å²) < 4.78 is 36.8. The first-order chi connectivity index (χ1) is 7.97. The number of halogens is 3. The van der Waals surface area contributed by atoms with Gasteiger partial charge in [-0.05, 0) is 30.5 Å². The number of rotatable bonds is 2. The third-order valence-electron chi connectivity index (χ3n) is 1.81. The minimum absolute atomic E-state index is 0.363. The minimum atomic E-state index is -4.35. The summed E-state index contributed by atoms with van der Waals surface area (Å²) in [5.74, 6) is 0. The van der Waals surface area contributed by atoms with Gasteiger partial charge < -0.3 is 5.21 Å². The SMILES string of the molecule is CSC(C=NO)=Nc1ccc(C(F)(F)F)cc1. The van der Waals surface area contributed by atoms with Gasteiger partial charge in [0.15, 0.2) is 0 Å². The van der Waals surface area contributed by atoms with Gasteiger partial charge in [-0.25, -0.2) is 4.99 Å². The zero-order chi connectivity index (χ0) is 12.9. The van der Waals surface area contributed by atoms with E-state index in [-0.39, 0.29) is 0 Å². The van der Waals surface area contributed by atoms with E-state index in [4.69, 9.17) is 5.21 Å². The van der Waals surface area contributed by atoms with Crippen LogP contribution in [0.4, 0.5) is 18.9 Å². The van der Waals surface area contributed by atoms with E-state index in [1.807, 2.05) is 0 Å². The predicted molar refractivity (Wildman–Crippen MR) is 62.3 cm³/mol.